The van der Waals surface area contributed by atoms with E-state index in [-0.39, 0.29) is 6.04 Å². The molecule has 0 fully saturated rings. The normalized spacial score (nSPS) is 12.1. The molecule has 17 heavy (non-hydrogen) atoms. The van der Waals surface area contributed by atoms with Crippen LogP contribution in [0.15, 0.2) is 29.9 Å². The van der Waals surface area contributed by atoms with Gasteiger partial charge in [0.1, 0.15) is 10.00 Å². The maximum Gasteiger partial charge on any atom is 0.122 e. The van der Waals surface area contributed by atoms with E-state index in [1.54, 1.807) is 29.8 Å². The maximum atomic E-state index is 5.48. The first-order valence-electron chi connectivity index (χ1n) is 5.08. The summed E-state index contributed by atoms with van der Waals surface area (Å²) in [7, 11) is 0. The molecule has 2 heterocycles. The van der Waals surface area contributed by atoms with Crippen LogP contribution in [0.1, 0.15) is 23.7 Å². The molecule has 0 amide bonds. The first-order chi connectivity index (χ1) is 8.16. The van der Waals surface area contributed by atoms with Crippen LogP contribution in [0.2, 0.25) is 0 Å². The summed E-state index contributed by atoms with van der Waals surface area (Å²) in [4.78, 5) is 8.73. The molecular formula is C11H12N4S2. The van der Waals surface area contributed by atoms with Gasteiger partial charge in [0.2, 0.25) is 0 Å². The minimum atomic E-state index is 0.160. The van der Waals surface area contributed by atoms with Gasteiger partial charge < -0.3 is 11.1 Å². The largest absolute Gasteiger partial charge is 0.388 e. The minimum Gasteiger partial charge on any atom is -0.388 e. The third-order valence-corrected chi connectivity index (χ3v) is 3.39. The molecule has 0 radical (unpaired) electrons. The second-order valence-corrected chi connectivity index (χ2v) is 4.90. The third kappa shape index (κ3) is 2.98. The first kappa shape index (κ1) is 11.9. The Morgan fingerprint density at radius 3 is 2.82 bits per heavy atom. The van der Waals surface area contributed by atoms with Crippen LogP contribution >= 0.6 is 23.6 Å². The van der Waals surface area contributed by atoms with E-state index >= 15 is 0 Å². The second kappa shape index (κ2) is 5.20. The highest BCUT2D eigenvalue weighted by Crippen LogP contribution is 2.20. The number of nitrogens with two attached hydrogens (primary N) is 1. The van der Waals surface area contributed by atoms with Crippen molar-refractivity contribution in [1.29, 1.82) is 0 Å². The van der Waals surface area contributed by atoms with Gasteiger partial charge in [-0.2, -0.15) is 0 Å². The number of anilines is 1. The standard InChI is InChI=1S/C11H12N4S2/c1-7(11-13-4-5-17-11)15-8-2-3-9(10(12)16)14-6-8/h2-7,15H,1H3,(H2,12,16). The van der Waals surface area contributed by atoms with Gasteiger partial charge in [-0.05, 0) is 19.1 Å². The molecule has 2 aromatic rings. The van der Waals surface area contributed by atoms with Crippen molar-refractivity contribution < 1.29 is 0 Å². The maximum absolute atomic E-state index is 5.48. The van der Waals surface area contributed by atoms with Crippen molar-refractivity contribution in [2.24, 2.45) is 5.73 Å². The fourth-order valence-electron chi connectivity index (χ4n) is 1.39. The van der Waals surface area contributed by atoms with Crippen molar-refractivity contribution in [2.45, 2.75) is 13.0 Å². The quantitative estimate of drug-likeness (QED) is 0.830. The molecule has 0 bridgehead atoms. The number of nitrogens with one attached hydrogen (secondary N) is 1. The number of rotatable bonds is 4. The number of thiazole rings is 1. The molecule has 0 aliphatic carbocycles. The van der Waals surface area contributed by atoms with Crippen LogP contribution < -0.4 is 11.1 Å². The lowest BCUT2D eigenvalue weighted by Gasteiger charge is -2.12. The molecule has 1 unspecified atom stereocenters. The van der Waals surface area contributed by atoms with Gasteiger partial charge in [-0.1, -0.05) is 12.2 Å². The molecule has 0 aromatic carbocycles. The van der Waals surface area contributed by atoms with E-state index in [1.807, 2.05) is 11.4 Å². The fourth-order valence-corrected chi connectivity index (χ4v) is 2.15. The van der Waals surface area contributed by atoms with Crippen LogP contribution in [-0.2, 0) is 0 Å². The van der Waals surface area contributed by atoms with Gasteiger partial charge in [-0.25, -0.2) is 4.98 Å². The first-order valence-corrected chi connectivity index (χ1v) is 6.37. The van der Waals surface area contributed by atoms with Crippen LogP contribution in [0.4, 0.5) is 5.69 Å². The fraction of sp³-hybridized carbons (Fsp3) is 0.182. The summed E-state index contributed by atoms with van der Waals surface area (Å²) in [6, 6.07) is 3.87. The predicted molar refractivity (Wildman–Crippen MR) is 74.3 cm³/mol. The number of hydrogen-bond acceptors (Lipinski definition) is 5. The molecule has 3 N–H and O–H groups in total. The predicted octanol–water partition coefficient (Wildman–Crippen LogP) is 2.35. The second-order valence-electron chi connectivity index (χ2n) is 3.53. The minimum absolute atomic E-state index is 0.160. The Bertz CT molecular complexity index is 493. The van der Waals surface area contributed by atoms with Crippen molar-refractivity contribution in [2.75, 3.05) is 5.32 Å². The van der Waals surface area contributed by atoms with Crippen LogP contribution in [-0.4, -0.2) is 15.0 Å². The van der Waals surface area contributed by atoms with Crippen LogP contribution in [0.25, 0.3) is 0 Å². The van der Waals surface area contributed by atoms with E-state index in [4.69, 9.17) is 18.0 Å². The van der Waals surface area contributed by atoms with Crippen LogP contribution in [0.3, 0.4) is 0 Å². The molecule has 4 nitrogen and oxygen atoms in total. The summed E-state index contributed by atoms with van der Waals surface area (Å²) in [6.45, 7) is 2.06. The zero-order valence-corrected chi connectivity index (χ0v) is 10.9. The molecule has 0 aliphatic rings. The lowest BCUT2D eigenvalue weighted by atomic mass is 10.3. The van der Waals surface area contributed by atoms with E-state index in [0.717, 1.165) is 10.7 Å². The SMILES string of the molecule is CC(Nc1ccc(C(N)=S)nc1)c1nccs1. The molecule has 0 saturated carbocycles. The highest BCUT2D eigenvalue weighted by atomic mass is 32.1. The van der Waals surface area contributed by atoms with E-state index in [0.29, 0.717) is 10.7 Å². The lowest BCUT2D eigenvalue weighted by Crippen LogP contribution is -2.12. The topological polar surface area (TPSA) is 63.8 Å². The van der Waals surface area contributed by atoms with Crippen molar-refractivity contribution >= 4 is 34.2 Å². The zero-order valence-electron chi connectivity index (χ0n) is 9.25. The summed E-state index contributed by atoms with van der Waals surface area (Å²) in [5.74, 6) is 0. The van der Waals surface area contributed by atoms with Crippen molar-refractivity contribution in [1.82, 2.24) is 9.97 Å². The van der Waals surface area contributed by atoms with Crippen molar-refractivity contribution in [3.05, 3.63) is 40.6 Å². The Hall–Kier alpha value is -1.53. The van der Waals surface area contributed by atoms with Crippen molar-refractivity contribution in [3.8, 4) is 0 Å². The monoisotopic (exact) mass is 264 g/mol. The Morgan fingerprint density at radius 1 is 1.47 bits per heavy atom. The molecule has 0 saturated heterocycles. The molecule has 88 valence electrons. The number of aromatic nitrogens is 2. The highest BCUT2D eigenvalue weighted by Gasteiger charge is 2.07. The summed E-state index contributed by atoms with van der Waals surface area (Å²) in [6.07, 6.45) is 3.52. The molecule has 6 heteroatoms. The molecule has 2 aromatic heterocycles. The Balaban J connectivity index is 2.06. The van der Waals surface area contributed by atoms with E-state index < -0.39 is 0 Å². The molecule has 1 atom stereocenters. The Kier molecular flexibility index (Phi) is 3.65. The third-order valence-electron chi connectivity index (χ3n) is 2.22. The molecule has 0 spiro atoms. The lowest BCUT2D eigenvalue weighted by molar-refractivity contribution is 0.868. The number of thiocarbonyl (C=S) groups is 1. The molecular weight excluding hydrogens is 252 g/mol. The molecule has 2 rings (SSSR count). The van der Waals surface area contributed by atoms with Crippen LogP contribution in [0, 0.1) is 0 Å². The average Bonchev–Trinajstić information content (AvgIpc) is 2.83. The number of pyridine rings is 1. The summed E-state index contributed by atoms with van der Waals surface area (Å²) < 4.78 is 0. The smallest absolute Gasteiger partial charge is 0.122 e. The van der Waals surface area contributed by atoms with Gasteiger partial charge >= 0.3 is 0 Å². The molecule has 0 aliphatic heterocycles. The van der Waals surface area contributed by atoms with Gasteiger partial charge in [0.25, 0.3) is 0 Å². The Labute approximate surface area is 109 Å². The number of hydrogen-bond donors (Lipinski definition) is 2. The average molecular weight is 264 g/mol. The van der Waals surface area contributed by atoms with E-state index in [2.05, 4.69) is 22.2 Å². The van der Waals surface area contributed by atoms with Crippen molar-refractivity contribution in [3.63, 3.8) is 0 Å². The van der Waals surface area contributed by atoms with Gasteiger partial charge in [0.15, 0.2) is 0 Å². The number of nitrogens with zero attached hydrogens (tertiary/aromatic N) is 2. The van der Waals surface area contributed by atoms with Gasteiger partial charge in [0, 0.05) is 11.6 Å². The zero-order chi connectivity index (χ0) is 12.3. The highest BCUT2D eigenvalue weighted by molar-refractivity contribution is 7.80. The van der Waals surface area contributed by atoms with Crippen LogP contribution in [0.5, 0.6) is 0 Å². The van der Waals surface area contributed by atoms with Gasteiger partial charge in [-0.3, -0.25) is 4.98 Å². The summed E-state index contributed by atoms with van der Waals surface area (Å²) in [5.41, 5.74) is 7.04. The van der Waals surface area contributed by atoms with Gasteiger partial charge in [-0.15, -0.1) is 11.3 Å². The van der Waals surface area contributed by atoms with E-state index in [9.17, 15) is 0 Å². The summed E-state index contributed by atoms with van der Waals surface area (Å²) in [5, 5.41) is 6.32. The Morgan fingerprint density at radius 2 is 2.29 bits per heavy atom. The van der Waals surface area contributed by atoms with E-state index in [1.165, 1.54) is 0 Å². The van der Waals surface area contributed by atoms with Gasteiger partial charge in [0.05, 0.1) is 23.6 Å². The summed E-state index contributed by atoms with van der Waals surface area (Å²) >= 11 is 6.47.